The van der Waals surface area contributed by atoms with E-state index >= 15 is 0 Å². The van der Waals surface area contributed by atoms with Gasteiger partial charge in [-0.3, -0.25) is 14.9 Å². The summed E-state index contributed by atoms with van der Waals surface area (Å²) >= 11 is 0. The van der Waals surface area contributed by atoms with Crippen molar-refractivity contribution in [2.24, 2.45) is 0 Å². The molecule has 0 unspecified atom stereocenters. The molecule has 3 aromatic carbocycles. The van der Waals surface area contributed by atoms with Crippen LogP contribution in [0.4, 0.5) is 15.8 Å². The number of rotatable bonds is 5. The van der Waals surface area contributed by atoms with Crippen LogP contribution in [-0.2, 0) is 4.79 Å². The van der Waals surface area contributed by atoms with E-state index in [9.17, 15) is 19.3 Å². The number of non-ortho nitro benzene ring substituents is 1. The third-order valence-electron chi connectivity index (χ3n) is 3.85. The molecule has 3 rings (SSSR count). The van der Waals surface area contributed by atoms with Crippen LogP contribution >= 0.6 is 0 Å². The van der Waals surface area contributed by atoms with Gasteiger partial charge in [0.2, 0.25) is 0 Å². The fraction of sp³-hybridized carbons (Fsp3) is 0. The van der Waals surface area contributed by atoms with Gasteiger partial charge in [0.05, 0.1) is 10.6 Å². The van der Waals surface area contributed by atoms with Gasteiger partial charge in [-0.05, 0) is 23.3 Å². The van der Waals surface area contributed by atoms with E-state index in [-0.39, 0.29) is 11.4 Å². The second kappa shape index (κ2) is 8.05. The first-order valence-corrected chi connectivity index (χ1v) is 8.12. The molecule has 0 spiro atoms. The summed E-state index contributed by atoms with van der Waals surface area (Å²) in [5, 5.41) is 13.3. The molecule has 0 heterocycles. The number of nitrogens with one attached hydrogen (secondary N) is 1. The number of hydrogen-bond donors (Lipinski definition) is 1. The van der Waals surface area contributed by atoms with Gasteiger partial charge in [0.25, 0.3) is 11.6 Å². The van der Waals surface area contributed by atoms with Gasteiger partial charge < -0.3 is 5.32 Å². The minimum atomic E-state index is -0.749. The summed E-state index contributed by atoms with van der Waals surface area (Å²) in [7, 11) is 0. The largest absolute Gasteiger partial charge is 0.319 e. The maximum atomic E-state index is 14.0. The fourth-order valence-corrected chi connectivity index (χ4v) is 2.53. The summed E-state index contributed by atoms with van der Waals surface area (Å²) < 4.78 is 14.0. The first-order valence-electron chi connectivity index (χ1n) is 8.12. The van der Waals surface area contributed by atoms with Crippen LogP contribution in [0.1, 0.15) is 11.1 Å². The van der Waals surface area contributed by atoms with Crippen molar-refractivity contribution in [3.05, 3.63) is 106 Å². The second-order valence-electron chi connectivity index (χ2n) is 5.71. The zero-order chi connectivity index (χ0) is 19.2. The molecule has 0 aliphatic carbocycles. The number of halogens is 1. The normalized spacial score (nSPS) is 11.1. The average molecular weight is 362 g/mol. The van der Waals surface area contributed by atoms with E-state index in [1.807, 2.05) is 36.4 Å². The summed E-state index contributed by atoms with van der Waals surface area (Å²) in [6.07, 6.45) is 1.68. The lowest BCUT2D eigenvalue weighted by Gasteiger charge is -2.10. The molecule has 3 aromatic rings. The third kappa shape index (κ3) is 4.43. The fourth-order valence-electron chi connectivity index (χ4n) is 2.53. The molecule has 5 nitrogen and oxygen atoms in total. The molecule has 0 aromatic heterocycles. The predicted molar refractivity (Wildman–Crippen MR) is 102 cm³/mol. The quantitative estimate of drug-likeness (QED) is 0.303. The third-order valence-corrected chi connectivity index (χ3v) is 3.85. The van der Waals surface area contributed by atoms with Gasteiger partial charge in [0.1, 0.15) is 5.82 Å². The molecular formula is C21H15FN2O3. The van der Waals surface area contributed by atoms with Crippen LogP contribution in [0.2, 0.25) is 0 Å². The van der Waals surface area contributed by atoms with E-state index in [0.29, 0.717) is 11.1 Å². The van der Waals surface area contributed by atoms with Crippen LogP contribution in [0.15, 0.2) is 78.9 Å². The minimum absolute atomic E-state index is 0.246. The lowest BCUT2D eigenvalue weighted by molar-refractivity contribution is -0.384. The lowest BCUT2D eigenvalue weighted by Crippen LogP contribution is -2.15. The molecule has 0 atom stereocenters. The van der Waals surface area contributed by atoms with Gasteiger partial charge in [-0.15, -0.1) is 0 Å². The van der Waals surface area contributed by atoms with Crippen molar-refractivity contribution in [1.29, 1.82) is 0 Å². The van der Waals surface area contributed by atoms with Crippen molar-refractivity contribution in [3.8, 4) is 0 Å². The summed E-state index contributed by atoms with van der Waals surface area (Å²) in [5.41, 5.74) is 1.20. The number of nitro benzene ring substituents is 1. The van der Waals surface area contributed by atoms with Crippen molar-refractivity contribution < 1.29 is 14.1 Å². The number of nitrogens with zero attached hydrogens (tertiary/aromatic N) is 1. The van der Waals surface area contributed by atoms with Crippen LogP contribution < -0.4 is 5.32 Å². The Balaban J connectivity index is 1.99. The number of amides is 1. The Morgan fingerprint density at radius 1 is 0.963 bits per heavy atom. The highest BCUT2D eigenvalue weighted by Gasteiger charge is 2.17. The monoisotopic (exact) mass is 362 g/mol. The highest BCUT2D eigenvalue weighted by atomic mass is 19.1. The summed E-state index contributed by atoms with van der Waals surface area (Å²) in [4.78, 5) is 23.1. The van der Waals surface area contributed by atoms with Crippen LogP contribution in [0.5, 0.6) is 0 Å². The van der Waals surface area contributed by atoms with Crippen molar-refractivity contribution in [2.75, 3.05) is 5.32 Å². The Labute approximate surface area is 154 Å². The molecule has 0 fully saturated rings. The number of nitro groups is 1. The van der Waals surface area contributed by atoms with Crippen LogP contribution in [0, 0.1) is 15.9 Å². The molecule has 0 radical (unpaired) electrons. The Kier molecular flexibility index (Phi) is 5.37. The van der Waals surface area contributed by atoms with Gasteiger partial charge >= 0.3 is 0 Å². The van der Waals surface area contributed by atoms with E-state index in [1.54, 1.807) is 30.3 Å². The molecule has 0 saturated carbocycles. The average Bonchev–Trinajstić information content (AvgIpc) is 2.69. The van der Waals surface area contributed by atoms with E-state index in [1.165, 1.54) is 0 Å². The number of carbonyl (C=O) groups is 1. The van der Waals surface area contributed by atoms with Gasteiger partial charge in [-0.1, -0.05) is 60.7 Å². The number of benzene rings is 3. The molecule has 0 aliphatic heterocycles. The maximum Gasteiger partial charge on any atom is 0.271 e. The Morgan fingerprint density at radius 3 is 2.22 bits per heavy atom. The second-order valence-corrected chi connectivity index (χ2v) is 5.71. The Morgan fingerprint density at radius 2 is 1.59 bits per heavy atom. The standard InChI is InChI=1S/C21H15FN2O3/c22-19-12-11-17(24(26)27)14-20(19)23-21(25)18(16-9-5-2-6-10-16)13-15-7-3-1-4-8-15/h1-14H,(H,23,25)/b18-13-. The van der Waals surface area contributed by atoms with E-state index in [2.05, 4.69) is 5.32 Å². The molecule has 1 N–H and O–H groups in total. The van der Waals surface area contributed by atoms with E-state index < -0.39 is 16.6 Å². The maximum absolute atomic E-state index is 14.0. The van der Waals surface area contributed by atoms with Crippen LogP contribution in [0.3, 0.4) is 0 Å². The first kappa shape index (κ1) is 18.0. The number of anilines is 1. The van der Waals surface area contributed by atoms with Gasteiger partial charge in [-0.25, -0.2) is 4.39 Å². The molecule has 6 heteroatoms. The van der Waals surface area contributed by atoms with Crippen molar-refractivity contribution in [2.45, 2.75) is 0 Å². The molecular weight excluding hydrogens is 347 g/mol. The minimum Gasteiger partial charge on any atom is -0.319 e. The number of hydrogen-bond acceptors (Lipinski definition) is 3. The molecule has 0 bridgehead atoms. The van der Waals surface area contributed by atoms with Crippen molar-refractivity contribution in [3.63, 3.8) is 0 Å². The predicted octanol–water partition coefficient (Wildman–Crippen LogP) is 4.91. The van der Waals surface area contributed by atoms with Gasteiger partial charge in [-0.2, -0.15) is 0 Å². The molecule has 0 aliphatic rings. The summed E-state index contributed by atoms with van der Waals surface area (Å²) in [6.45, 7) is 0. The molecule has 1 amide bonds. The van der Waals surface area contributed by atoms with Crippen molar-refractivity contribution >= 4 is 28.9 Å². The highest BCUT2D eigenvalue weighted by molar-refractivity contribution is 6.29. The smallest absolute Gasteiger partial charge is 0.271 e. The molecule has 0 saturated heterocycles. The van der Waals surface area contributed by atoms with Crippen LogP contribution in [0.25, 0.3) is 11.6 Å². The Bertz CT molecular complexity index is 1000. The van der Waals surface area contributed by atoms with Crippen molar-refractivity contribution in [1.82, 2.24) is 0 Å². The Hall–Kier alpha value is -3.80. The zero-order valence-corrected chi connectivity index (χ0v) is 14.1. The first-order chi connectivity index (χ1) is 13.0. The number of carbonyl (C=O) groups excluding carboxylic acids is 1. The van der Waals surface area contributed by atoms with Crippen LogP contribution in [-0.4, -0.2) is 10.8 Å². The van der Waals surface area contributed by atoms with E-state index in [0.717, 1.165) is 23.8 Å². The molecule has 27 heavy (non-hydrogen) atoms. The van der Waals surface area contributed by atoms with E-state index in [4.69, 9.17) is 0 Å². The highest BCUT2D eigenvalue weighted by Crippen LogP contribution is 2.24. The summed E-state index contributed by atoms with van der Waals surface area (Å²) in [5.74, 6) is -1.31. The zero-order valence-electron chi connectivity index (χ0n) is 14.1. The lowest BCUT2D eigenvalue weighted by atomic mass is 10.0. The summed E-state index contributed by atoms with van der Waals surface area (Å²) in [6, 6.07) is 21.1. The SMILES string of the molecule is O=C(Nc1cc([N+](=O)[O-])ccc1F)/C(=C\c1ccccc1)c1ccccc1. The molecule has 134 valence electrons. The van der Waals surface area contributed by atoms with Gasteiger partial charge in [0.15, 0.2) is 0 Å². The van der Waals surface area contributed by atoms with Gasteiger partial charge in [0, 0.05) is 17.7 Å². The topological polar surface area (TPSA) is 72.2 Å².